The Balaban J connectivity index is 2.48. The van der Waals surface area contributed by atoms with Gasteiger partial charge in [0.2, 0.25) is 0 Å². The number of nitrogens with two attached hydrogens (primary N) is 1. The van der Waals surface area contributed by atoms with Crippen molar-refractivity contribution in [3.63, 3.8) is 0 Å². The summed E-state index contributed by atoms with van der Waals surface area (Å²) in [5.74, 6) is 0.210. The van der Waals surface area contributed by atoms with Gasteiger partial charge in [0.15, 0.2) is 0 Å². The molecule has 1 amide bonds. The summed E-state index contributed by atoms with van der Waals surface area (Å²) in [6, 6.07) is 1.35. The van der Waals surface area contributed by atoms with Crippen LogP contribution in [0.3, 0.4) is 0 Å². The van der Waals surface area contributed by atoms with Crippen LogP contribution in [0.5, 0.6) is 0 Å². The molecule has 22 heavy (non-hydrogen) atoms. The number of anilines is 1. The largest absolute Gasteiger partial charge is 0.444 e. The van der Waals surface area contributed by atoms with Gasteiger partial charge >= 0.3 is 6.09 Å². The lowest BCUT2D eigenvalue weighted by atomic mass is 10.2. The second kappa shape index (κ2) is 7.39. The van der Waals surface area contributed by atoms with E-state index in [4.69, 9.17) is 10.5 Å². The molecule has 0 saturated carbocycles. The summed E-state index contributed by atoms with van der Waals surface area (Å²) in [5.41, 5.74) is 5.45. The minimum Gasteiger partial charge on any atom is -0.444 e. The number of carbonyl (C=O) groups is 1. The van der Waals surface area contributed by atoms with Crippen LogP contribution >= 0.6 is 0 Å². The molecule has 1 aromatic rings. The third-order valence-electron chi connectivity index (χ3n) is 2.42. The Hall–Kier alpha value is -2.64. The maximum Gasteiger partial charge on any atom is 0.407 e. The summed E-state index contributed by atoms with van der Waals surface area (Å²) in [6.45, 7) is 5.73. The number of nitrogens with one attached hydrogen (secondary N) is 1. The van der Waals surface area contributed by atoms with Crippen molar-refractivity contribution in [1.82, 2.24) is 10.3 Å². The van der Waals surface area contributed by atoms with Gasteiger partial charge in [-0.05, 0) is 27.2 Å². The van der Waals surface area contributed by atoms with E-state index in [-0.39, 0.29) is 11.5 Å². The highest BCUT2D eigenvalue weighted by Crippen LogP contribution is 2.18. The van der Waals surface area contributed by atoms with E-state index < -0.39 is 16.6 Å². The third-order valence-corrected chi connectivity index (χ3v) is 2.42. The van der Waals surface area contributed by atoms with Crippen LogP contribution in [0.1, 0.15) is 32.8 Å². The number of alkyl carbamates (subject to hydrolysis) is 1. The number of hydrogen-bond donors (Lipinski definition) is 2. The second-order valence-electron chi connectivity index (χ2n) is 5.54. The number of ether oxygens (including phenoxy) is 1. The smallest absolute Gasteiger partial charge is 0.407 e. The molecule has 8 nitrogen and oxygen atoms in total. The molecule has 0 spiro atoms. The second-order valence-corrected chi connectivity index (χ2v) is 5.54. The van der Waals surface area contributed by atoms with E-state index in [0.29, 0.717) is 18.5 Å². The van der Waals surface area contributed by atoms with E-state index >= 15 is 0 Å². The van der Waals surface area contributed by atoms with Crippen molar-refractivity contribution in [2.75, 3.05) is 12.3 Å². The summed E-state index contributed by atoms with van der Waals surface area (Å²) in [5, 5.41) is 13.3. The number of hydrogen-bond acceptors (Lipinski definition) is 6. The van der Waals surface area contributed by atoms with Crippen molar-refractivity contribution >= 4 is 23.7 Å². The fraction of sp³-hybridized carbons (Fsp3) is 0.429. The lowest BCUT2D eigenvalue weighted by Crippen LogP contribution is -2.32. The Labute approximate surface area is 128 Å². The number of nitrogens with zero attached hydrogens (tertiary/aromatic N) is 2. The number of nitrogen functional groups attached to an aromatic ring is 1. The Morgan fingerprint density at radius 3 is 2.82 bits per heavy atom. The minimum atomic E-state index is -0.539. The highest BCUT2D eigenvalue weighted by molar-refractivity contribution is 5.67. The molecule has 0 atom stereocenters. The molecule has 1 aromatic heterocycles. The number of pyridine rings is 1. The average molecular weight is 308 g/mol. The van der Waals surface area contributed by atoms with Gasteiger partial charge in [0, 0.05) is 18.2 Å². The molecule has 8 heteroatoms. The Kier molecular flexibility index (Phi) is 5.85. The molecule has 0 aromatic carbocycles. The molecular weight excluding hydrogens is 288 g/mol. The molecular formula is C14H20N4O4. The van der Waals surface area contributed by atoms with Crippen molar-refractivity contribution in [2.24, 2.45) is 0 Å². The van der Waals surface area contributed by atoms with Crippen molar-refractivity contribution in [2.45, 2.75) is 32.8 Å². The minimum absolute atomic E-state index is 0.124. The summed E-state index contributed by atoms with van der Waals surface area (Å²) >= 11 is 0. The van der Waals surface area contributed by atoms with Gasteiger partial charge in [-0.3, -0.25) is 10.1 Å². The molecule has 0 bridgehead atoms. The van der Waals surface area contributed by atoms with Gasteiger partial charge in [-0.15, -0.1) is 0 Å². The average Bonchev–Trinajstić information content (AvgIpc) is 2.37. The monoisotopic (exact) mass is 308 g/mol. The quantitative estimate of drug-likeness (QED) is 0.490. The fourth-order valence-corrected chi connectivity index (χ4v) is 1.50. The van der Waals surface area contributed by atoms with Crippen molar-refractivity contribution in [3.8, 4) is 0 Å². The van der Waals surface area contributed by atoms with E-state index in [1.54, 1.807) is 32.9 Å². The molecule has 0 aliphatic carbocycles. The predicted molar refractivity (Wildman–Crippen MR) is 83.2 cm³/mol. The van der Waals surface area contributed by atoms with Gasteiger partial charge < -0.3 is 15.8 Å². The summed E-state index contributed by atoms with van der Waals surface area (Å²) in [6.07, 6.45) is 4.52. The van der Waals surface area contributed by atoms with E-state index in [1.807, 2.05) is 0 Å². The molecule has 0 saturated heterocycles. The highest BCUT2D eigenvalue weighted by Gasteiger charge is 2.15. The van der Waals surface area contributed by atoms with E-state index in [1.165, 1.54) is 6.07 Å². The van der Waals surface area contributed by atoms with Crippen LogP contribution in [0.4, 0.5) is 16.3 Å². The SMILES string of the molecule is CC(C)(C)OC(=O)NCCC=Cc1cc([N+](=O)[O-])cnc1N. The molecule has 0 radical (unpaired) electrons. The highest BCUT2D eigenvalue weighted by atomic mass is 16.6. The van der Waals surface area contributed by atoms with E-state index in [2.05, 4.69) is 10.3 Å². The number of rotatable bonds is 5. The van der Waals surface area contributed by atoms with Gasteiger partial charge in [-0.2, -0.15) is 0 Å². The van der Waals surface area contributed by atoms with Gasteiger partial charge in [0.1, 0.15) is 17.6 Å². The topological polar surface area (TPSA) is 120 Å². The molecule has 0 aliphatic rings. The first-order valence-electron chi connectivity index (χ1n) is 6.72. The van der Waals surface area contributed by atoms with Crippen LogP contribution in [0.25, 0.3) is 6.08 Å². The zero-order valence-electron chi connectivity index (χ0n) is 12.8. The zero-order chi connectivity index (χ0) is 16.8. The molecule has 3 N–H and O–H groups in total. The molecule has 120 valence electrons. The number of aromatic nitrogens is 1. The Morgan fingerprint density at radius 1 is 1.55 bits per heavy atom. The van der Waals surface area contributed by atoms with Crippen LogP contribution in [0.15, 0.2) is 18.3 Å². The van der Waals surface area contributed by atoms with Gasteiger partial charge in [-0.25, -0.2) is 9.78 Å². The summed E-state index contributed by atoms with van der Waals surface area (Å²) in [4.78, 5) is 25.3. The van der Waals surface area contributed by atoms with Crippen molar-refractivity contribution in [1.29, 1.82) is 0 Å². The number of nitro groups is 1. The van der Waals surface area contributed by atoms with E-state index in [9.17, 15) is 14.9 Å². The van der Waals surface area contributed by atoms with E-state index in [0.717, 1.165) is 6.20 Å². The standard InChI is InChI=1S/C14H20N4O4/c1-14(2,3)22-13(19)16-7-5-4-6-10-8-11(18(20)21)9-17-12(10)15/h4,6,8-9H,5,7H2,1-3H3,(H2,15,17)(H,16,19). The first kappa shape index (κ1) is 17.4. The first-order chi connectivity index (χ1) is 10.2. The van der Waals surface area contributed by atoms with Crippen molar-refractivity contribution in [3.05, 3.63) is 34.0 Å². The van der Waals surface area contributed by atoms with Crippen LogP contribution in [-0.4, -0.2) is 28.1 Å². The normalized spacial score (nSPS) is 11.4. The fourth-order valence-electron chi connectivity index (χ4n) is 1.50. The summed E-state index contributed by atoms with van der Waals surface area (Å²) in [7, 11) is 0. The molecule has 1 heterocycles. The molecule has 0 fully saturated rings. The number of amides is 1. The van der Waals surface area contributed by atoms with Crippen LogP contribution in [0, 0.1) is 10.1 Å². The predicted octanol–water partition coefficient (Wildman–Crippen LogP) is 2.50. The van der Waals surface area contributed by atoms with Crippen LogP contribution in [-0.2, 0) is 4.74 Å². The number of carbonyl (C=O) groups excluding carboxylic acids is 1. The summed E-state index contributed by atoms with van der Waals surface area (Å²) < 4.78 is 5.08. The maximum absolute atomic E-state index is 11.4. The lowest BCUT2D eigenvalue weighted by Gasteiger charge is -2.19. The Bertz CT molecular complexity index is 579. The molecule has 0 aliphatic heterocycles. The zero-order valence-corrected chi connectivity index (χ0v) is 12.8. The van der Waals surface area contributed by atoms with Crippen LogP contribution in [0.2, 0.25) is 0 Å². The van der Waals surface area contributed by atoms with Gasteiger partial charge in [0.05, 0.1) is 4.92 Å². The van der Waals surface area contributed by atoms with Gasteiger partial charge in [0.25, 0.3) is 5.69 Å². The van der Waals surface area contributed by atoms with Gasteiger partial charge in [-0.1, -0.05) is 12.2 Å². The maximum atomic E-state index is 11.4. The van der Waals surface area contributed by atoms with Crippen molar-refractivity contribution < 1.29 is 14.5 Å². The lowest BCUT2D eigenvalue weighted by molar-refractivity contribution is -0.385. The third kappa shape index (κ3) is 6.21. The first-order valence-corrected chi connectivity index (χ1v) is 6.72. The molecule has 0 unspecified atom stereocenters. The molecule has 1 rings (SSSR count). The Morgan fingerprint density at radius 2 is 2.23 bits per heavy atom. The van der Waals surface area contributed by atoms with Crippen LogP contribution < -0.4 is 11.1 Å².